The van der Waals surface area contributed by atoms with Gasteiger partial charge in [0.1, 0.15) is 11.5 Å². The van der Waals surface area contributed by atoms with E-state index >= 15 is 0 Å². The minimum Gasteiger partial charge on any atom is -0.425 e. The summed E-state index contributed by atoms with van der Waals surface area (Å²) in [6.45, 7) is 0.145. The third kappa shape index (κ3) is 4.47. The maximum absolute atomic E-state index is 13.5. The van der Waals surface area contributed by atoms with Crippen LogP contribution in [0.15, 0.2) is 64.2 Å². The summed E-state index contributed by atoms with van der Waals surface area (Å²) in [7, 11) is 1.47. The molecule has 5 rings (SSSR count). The number of rotatable bonds is 6. The Labute approximate surface area is 201 Å². The number of aliphatic hydroxyl groups excluding tert-OH is 1. The first kappa shape index (κ1) is 23.7. The predicted octanol–water partition coefficient (Wildman–Crippen LogP) is 3.33. The van der Waals surface area contributed by atoms with Crippen molar-refractivity contribution in [3.05, 3.63) is 81.0 Å². The molecule has 0 unspecified atom stereocenters. The molecule has 1 aliphatic rings. The number of alkyl halides is 3. The maximum atomic E-state index is 13.5. The molecule has 0 atom stereocenters. The van der Waals surface area contributed by atoms with Crippen molar-refractivity contribution in [3.63, 3.8) is 0 Å². The monoisotopic (exact) mass is 502 g/mol. The van der Waals surface area contributed by atoms with Crippen LogP contribution in [0.4, 0.5) is 13.2 Å². The smallest absolute Gasteiger partial charge is 0.425 e. The Morgan fingerprint density at radius 2 is 1.75 bits per heavy atom. The zero-order chi connectivity index (χ0) is 25.6. The van der Waals surface area contributed by atoms with Crippen molar-refractivity contribution in [2.45, 2.75) is 37.9 Å². The highest BCUT2D eigenvalue weighted by Crippen LogP contribution is 2.32. The standard InChI is InChI=1S/C24H21F3N4O5/c1-29-20-19(21(33)31(23(29)34)15-10-16(32)11-15)30(13-14-6-3-2-4-7-14)22(28-20)35-17-8-5-9-18(12-17)36-24(25,26)27/h2-9,12,15-16,32H,10-11,13H2,1H3. The quantitative estimate of drug-likeness (QED) is 0.434. The van der Waals surface area contributed by atoms with E-state index in [1.54, 1.807) is 0 Å². The second kappa shape index (κ2) is 8.86. The molecule has 1 saturated carbocycles. The van der Waals surface area contributed by atoms with Gasteiger partial charge >= 0.3 is 18.1 Å². The van der Waals surface area contributed by atoms with Crippen LogP contribution in [0.25, 0.3) is 11.2 Å². The van der Waals surface area contributed by atoms with Crippen LogP contribution in [-0.4, -0.2) is 36.3 Å². The van der Waals surface area contributed by atoms with Crippen LogP contribution in [0, 0.1) is 0 Å². The SMILES string of the molecule is Cn1c(=O)n(C2CC(O)C2)c(=O)c2c1nc(Oc1cccc(OC(F)(F)F)c1)n2Cc1ccccc1. The van der Waals surface area contributed by atoms with E-state index in [0.717, 1.165) is 22.3 Å². The number of hydrogen-bond donors (Lipinski definition) is 1. The van der Waals surface area contributed by atoms with Gasteiger partial charge in [0.2, 0.25) is 0 Å². The van der Waals surface area contributed by atoms with E-state index in [-0.39, 0.29) is 42.3 Å². The molecule has 0 saturated heterocycles. The number of aromatic nitrogens is 4. The number of nitrogens with zero attached hydrogens (tertiary/aromatic N) is 4. The van der Waals surface area contributed by atoms with Gasteiger partial charge in [-0.25, -0.2) is 4.79 Å². The lowest BCUT2D eigenvalue weighted by atomic mass is 9.89. The first-order chi connectivity index (χ1) is 17.1. The van der Waals surface area contributed by atoms with E-state index in [4.69, 9.17) is 4.74 Å². The van der Waals surface area contributed by atoms with Gasteiger partial charge in [0.15, 0.2) is 11.2 Å². The Morgan fingerprint density at radius 1 is 1.06 bits per heavy atom. The molecule has 188 valence electrons. The zero-order valence-electron chi connectivity index (χ0n) is 19.0. The van der Waals surface area contributed by atoms with E-state index in [9.17, 15) is 27.9 Å². The van der Waals surface area contributed by atoms with Gasteiger partial charge in [-0.05, 0) is 30.5 Å². The van der Waals surface area contributed by atoms with Gasteiger partial charge in [-0.15, -0.1) is 13.2 Å². The zero-order valence-corrected chi connectivity index (χ0v) is 19.0. The Bertz CT molecular complexity index is 1540. The summed E-state index contributed by atoms with van der Waals surface area (Å²) in [5.74, 6) is -0.488. The third-order valence-electron chi connectivity index (χ3n) is 6.03. The predicted molar refractivity (Wildman–Crippen MR) is 122 cm³/mol. The molecule has 0 radical (unpaired) electrons. The van der Waals surface area contributed by atoms with Crippen molar-refractivity contribution in [3.8, 4) is 17.5 Å². The number of benzene rings is 2. The molecule has 2 aromatic heterocycles. The topological polar surface area (TPSA) is 101 Å². The average molecular weight is 502 g/mol. The lowest BCUT2D eigenvalue weighted by Gasteiger charge is -2.32. The summed E-state index contributed by atoms with van der Waals surface area (Å²) in [6.07, 6.45) is -4.90. The van der Waals surface area contributed by atoms with Gasteiger partial charge in [0.05, 0.1) is 12.6 Å². The van der Waals surface area contributed by atoms with E-state index in [2.05, 4.69) is 9.72 Å². The summed E-state index contributed by atoms with van der Waals surface area (Å²) >= 11 is 0. The number of halogens is 3. The van der Waals surface area contributed by atoms with Crippen LogP contribution in [0.3, 0.4) is 0 Å². The van der Waals surface area contributed by atoms with Crippen LogP contribution >= 0.6 is 0 Å². The number of ether oxygens (including phenoxy) is 2. The molecule has 1 fully saturated rings. The van der Waals surface area contributed by atoms with Crippen molar-refractivity contribution >= 4 is 11.2 Å². The van der Waals surface area contributed by atoms with Gasteiger partial charge in [-0.1, -0.05) is 36.4 Å². The van der Waals surface area contributed by atoms with E-state index in [1.807, 2.05) is 30.3 Å². The van der Waals surface area contributed by atoms with Crippen molar-refractivity contribution < 1.29 is 27.8 Å². The van der Waals surface area contributed by atoms with Gasteiger partial charge < -0.3 is 14.6 Å². The molecule has 0 spiro atoms. The number of fused-ring (bicyclic) bond motifs is 1. The van der Waals surface area contributed by atoms with Gasteiger partial charge in [0, 0.05) is 19.2 Å². The molecule has 4 aromatic rings. The molecular weight excluding hydrogens is 481 g/mol. The molecule has 0 amide bonds. The van der Waals surface area contributed by atoms with Crippen molar-refractivity contribution in [2.75, 3.05) is 0 Å². The highest BCUT2D eigenvalue weighted by atomic mass is 19.4. The number of imidazole rings is 1. The molecule has 2 aromatic carbocycles. The number of hydrogen-bond acceptors (Lipinski definition) is 6. The number of aryl methyl sites for hydroxylation is 1. The minimum atomic E-state index is -4.88. The molecule has 9 nitrogen and oxygen atoms in total. The highest BCUT2D eigenvalue weighted by Gasteiger charge is 2.34. The van der Waals surface area contributed by atoms with Crippen LogP contribution < -0.4 is 20.7 Å². The van der Waals surface area contributed by atoms with Gasteiger partial charge in [-0.3, -0.25) is 18.5 Å². The molecule has 1 N–H and O–H groups in total. The second-order valence-corrected chi connectivity index (χ2v) is 8.56. The maximum Gasteiger partial charge on any atom is 0.573 e. The Hall–Kier alpha value is -4.06. The molecule has 2 heterocycles. The van der Waals surface area contributed by atoms with Crippen molar-refractivity contribution in [2.24, 2.45) is 7.05 Å². The van der Waals surface area contributed by atoms with Crippen LogP contribution in [0.5, 0.6) is 17.5 Å². The molecule has 0 bridgehead atoms. The average Bonchev–Trinajstić information content (AvgIpc) is 3.14. The molecule has 1 aliphatic carbocycles. The fraction of sp³-hybridized carbons (Fsp3) is 0.292. The summed E-state index contributed by atoms with van der Waals surface area (Å²) in [5.41, 5.74) is -0.206. The van der Waals surface area contributed by atoms with E-state index in [0.29, 0.717) is 0 Å². The lowest BCUT2D eigenvalue weighted by molar-refractivity contribution is -0.274. The molecular formula is C24H21F3N4O5. The van der Waals surface area contributed by atoms with E-state index in [1.165, 1.54) is 28.3 Å². The molecule has 12 heteroatoms. The van der Waals surface area contributed by atoms with Crippen LogP contribution in [0.2, 0.25) is 0 Å². The van der Waals surface area contributed by atoms with Crippen molar-refractivity contribution in [1.82, 2.24) is 18.7 Å². The summed E-state index contributed by atoms with van der Waals surface area (Å²) in [4.78, 5) is 30.9. The fourth-order valence-electron chi connectivity index (χ4n) is 4.24. The Balaban J connectivity index is 1.65. The normalized spacial score (nSPS) is 17.7. The third-order valence-corrected chi connectivity index (χ3v) is 6.03. The Kier molecular flexibility index (Phi) is 5.83. The summed E-state index contributed by atoms with van der Waals surface area (Å²) < 4.78 is 51.6. The van der Waals surface area contributed by atoms with Crippen LogP contribution in [0.1, 0.15) is 24.4 Å². The summed E-state index contributed by atoms with van der Waals surface area (Å²) in [6, 6.07) is 13.5. The largest absolute Gasteiger partial charge is 0.573 e. The number of aliphatic hydroxyl groups is 1. The van der Waals surface area contributed by atoms with Gasteiger partial charge in [0.25, 0.3) is 5.56 Å². The first-order valence-electron chi connectivity index (χ1n) is 11.1. The summed E-state index contributed by atoms with van der Waals surface area (Å²) in [5, 5.41) is 9.71. The fourth-order valence-corrected chi connectivity index (χ4v) is 4.24. The van der Waals surface area contributed by atoms with Crippen molar-refractivity contribution in [1.29, 1.82) is 0 Å². The Morgan fingerprint density at radius 3 is 2.42 bits per heavy atom. The molecule has 0 aliphatic heterocycles. The van der Waals surface area contributed by atoms with E-state index < -0.39 is 35.5 Å². The first-order valence-corrected chi connectivity index (χ1v) is 11.1. The highest BCUT2D eigenvalue weighted by molar-refractivity contribution is 5.72. The molecule has 36 heavy (non-hydrogen) atoms. The minimum absolute atomic E-state index is 0.00573. The lowest BCUT2D eigenvalue weighted by Crippen LogP contribution is -2.47. The second-order valence-electron chi connectivity index (χ2n) is 8.56. The van der Waals surface area contributed by atoms with Crippen LogP contribution in [-0.2, 0) is 13.6 Å². The van der Waals surface area contributed by atoms with Gasteiger partial charge in [-0.2, -0.15) is 4.98 Å².